The molecular formula is C32H37N5O3. The Morgan fingerprint density at radius 1 is 0.875 bits per heavy atom. The third-order valence-electron chi connectivity index (χ3n) is 8.94. The summed E-state index contributed by atoms with van der Waals surface area (Å²) in [4.78, 5) is 39.8. The number of ether oxygens (including phenoxy) is 1. The zero-order valence-corrected chi connectivity index (χ0v) is 22.9. The van der Waals surface area contributed by atoms with E-state index in [0.717, 1.165) is 69.5 Å². The van der Waals surface area contributed by atoms with E-state index in [4.69, 9.17) is 4.74 Å². The second-order valence-corrected chi connectivity index (χ2v) is 11.4. The van der Waals surface area contributed by atoms with Crippen molar-refractivity contribution in [2.75, 3.05) is 44.2 Å². The Morgan fingerprint density at radius 3 is 2.40 bits per heavy atom. The van der Waals surface area contributed by atoms with Gasteiger partial charge in [-0.05, 0) is 56.2 Å². The molecule has 3 aliphatic rings. The predicted octanol–water partition coefficient (Wildman–Crippen LogP) is 4.23. The molecule has 2 aromatic carbocycles. The summed E-state index contributed by atoms with van der Waals surface area (Å²) in [5.41, 5.74) is 1.28. The van der Waals surface area contributed by atoms with Crippen LogP contribution in [0.4, 0.5) is 5.82 Å². The van der Waals surface area contributed by atoms with Gasteiger partial charge in [0.15, 0.2) is 0 Å². The monoisotopic (exact) mass is 539 g/mol. The van der Waals surface area contributed by atoms with Crippen LogP contribution in [0.25, 0.3) is 0 Å². The van der Waals surface area contributed by atoms with E-state index in [1.165, 1.54) is 0 Å². The van der Waals surface area contributed by atoms with Gasteiger partial charge in [-0.15, -0.1) is 0 Å². The van der Waals surface area contributed by atoms with Crippen molar-refractivity contribution >= 4 is 17.6 Å². The van der Waals surface area contributed by atoms with Crippen molar-refractivity contribution in [2.45, 2.75) is 43.9 Å². The van der Waals surface area contributed by atoms with Gasteiger partial charge in [-0.1, -0.05) is 42.5 Å². The zero-order valence-electron chi connectivity index (χ0n) is 22.9. The molecule has 1 aliphatic carbocycles. The molecule has 2 fully saturated rings. The van der Waals surface area contributed by atoms with Gasteiger partial charge in [0.05, 0.1) is 23.8 Å². The molecule has 2 amide bonds. The molecule has 3 aromatic rings. The summed E-state index contributed by atoms with van der Waals surface area (Å²) in [7, 11) is 0. The van der Waals surface area contributed by atoms with Gasteiger partial charge < -0.3 is 19.9 Å². The van der Waals surface area contributed by atoms with E-state index in [1.54, 1.807) is 18.6 Å². The summed E-state index contributed by atoms with van der Waals surface area (Å²) < 4.78 is 6.42. The van der Waals surface area contributed by atoms with Gasteiger partial charge >= 0.3 is 0 Å². The average molecular weight is 540 g/mol. The molecule has 3 heterocycles. The van der Waals surface area contributed by atoms with Crippen molar-refractivity contribution in [3.05, 3.63) is 84.3 Å². The number of carbonyl (C=O) groups excluding carboxylic acids is 2. The van der Waals surface area contributed by atoms with Crippen molar-refractivity contribution in [3.63, 3.8) is 0 Å². The molecule has 208 valence electrons. The zero-order chi connectivity index (χ0) is 27.4. The maximum absolute atomic E-state index is 13.7. The number of nitrogens with zero attached hydrogens (tertiary/aromatic N) is 4. The minimum Gasteiger partial charge on any atom is -0.492 e. The highest BCUT2D eigenvalue weighted by Crippen LogP contribution is 2.50. The Morgan fingerprint density at radius 2 is 1.65 bits per heavy atom. The summed E-state index contributed by atoms with van der Waals surface area (Å²) in [5.74, 6) is 1.56. The lowest BCUT2D eigenvalue weighted by molar-refractivity contribution is -0.136. The number of hydrogen-bond acceptors (Lipinski definition) is 6. The van der Waals surface area contributed by atoms with E-state index < -0.39 is 0 Å². The van der Waals surface area contributed by atoms with Gasteiger partial charge in [-0.2, -0.15) is 0 Å². The van der Waals surface area contributed by atoms with E-state index in [2.05, 4.69) is 37.2 Å². The number of anilines is 1. The summed E-state index contributed by atoms with van der Waals surface area (Å²) in [6.45, 7) is 3.93. The molecule has 1 saturated heterocycles. The average Bonchev–Trinajstić information content (AvgIpc) is 3.82. The molecular weight excluding hydrogens is 502 g/mol. The second kappa shape index (κ2) is 11.3. The maximum atomic E-state index is 13.7. The standard InChI is InChI=1S/C32H37N5O3/c38-29-26-9-4-5-10-27(26)40-24-31(11-6-19-36(22-18-35-29)28-23-33-16-17-34-28)14-20-37(21-15-31)30(39)32(12-13-32)25-7-2-1-3-8-25/h1-5,7-10,16-17,23H,6,11-15,18-22,24H2,(H,35,38). The Kier molecular flexibility index (Phi) is 7.41. The van der Waals surface area contributed by atoms with Crippen molar-refractivity contribution in [1.29, 1.82) is 0 Å². The molecule has 8 heteroatoms. The summed E-state index contributed by atoms with van der Waals surface area (Å²) in [6, 6.07) is 17.7. The Labute approximate surface area is 235 Å². The molecule has 2 aliphatic heterocycles. The van der Waals surface area contributed by atoms with E-state index in [1.807, 2.05) is 42.5 Å². The van der Waals surface area contributed by atoms with Gasteiger partial charge in [0.25, 0.3) is 5.91 Å². The second-order valence-electron chi connectivity index (χ2n) is 11.4. The number of benzene rings is 2. The quantitative estimate of drug-likeness (QED) is 0.536. The summed E-state index contributed by atoms with van der Waals surface area (Å²) >= 11 is 0. The number of carbonyl (C=O) groups is 2. The van der Waals surface area contributed by atoms with Crippen molar-refractivity contribution in [3.8, 4) is 5.75 Å². The van der Waals surface area contributed by atoms with Gasteiger partial charge in [-0.3, -0.25) is 14.6 Å². The highest BCUT2D eigenvalue weighted by Gasteiger charge is 2.53. The van der Waals surface area contributed by atoms with Gasteiger partial charge in [-0.25, -0.2) is 4.98 Å². The number of amides is 2. The molecule has 1 saturated carbocycles. The van der Waals surface area contributed by atoms with Crippen LogP contribution in [0.15, 0.2) is 73.2 Å². The minimum absolute atomic E-state index is 0.0775. The molecule has 40 heavy (non-hydrogen) atoms. The maximum Gasteiger partial charge on any atom is 0.255 e. The smallest absolute Gasteiger partial charge is 0.255 e. The third kappa shape index (κ3) is 5.40. The van der Waals surface area contributed by atoms with Crippen molar-refractivity contribution < 1.29 is 14.3 Å². The number of fused-ring (bicyclic) bond motifs is 1. The van der Waals surface area contributed by atoms with Crippen LogP contribution in [0.2, 0.25) is 0 Å². The molecule has 0 radical (unpaired) electrons. The first-order valence-corrected chi connectivity index (χ1v) is 14.4. The van der Waals surface area contributed by atoms with Crippen molar-refractivity contribution in [1.82, 2.24) is 20.2 Å². The number of para-hydroxylation sites is 1. The van der Waals surface area contributed by atoms with Gasteiger partial charge in [0.2, 0.25) is 5.91 Å². The molecule has 0 bridgehead atoms. The van der Waals surface area contributed by atoms with E-state index in [-0.39, 0.29) is 22.6 Å². The topological polar surface area (TPSA) is 87.7 Å². The fourth-order valence-electron chi connectivity index (χ4n) is 6.31. The van der Waals surface area contributed by atoms with Crippen LogP contribution in [0, 0.1) is 5.41 Å². The summed E-state index contributed by atoms with van der Waals surface area (Å²) in [5, 5.41) is 3.05. The SMILES string of the molecule is O=C1NCCN(c2cnccn2)CCCC2(CCN(C(=O)C3(c4ccccc4)CC3)CC2)COc2ccccc21. The summed E-state index contributed by atoms with van der Waals surface area (Å²) in [6.07, 6.45) is 10.7. The molecule has 0 unspecified atom stereocenters. The minimum atomic E-state index is -0.337. The Hall–Kier alpha value is -3.94. The Bertz CT molecular complexity index is 1320. The molecule has 1 aromatic heterocycles. The lowest BCUT2D eigenvalue weighted by Gasteiger charge is -2.43. The van der Waals surface area contributed by atoms with Crippen LogP contribution in [0.3, 0.4) is 0 Å². The van der Waals surface area contributed by atoms with Crippen molar-refractivity contribution in [2.24, 2.45) is 5.41 Å². The number of aromatic nitrogens is 2. The van der Waals surface area contributed by atoms with Gasteiger partial charge in [0.1, 0.15) is 11.6 Å². The van der Waals surface area contributed by atoms with E-state index >= 15 is 0 Å². The predicted molar refractivity (Wildman–Crippen MR) is 153 cm³/mol. The lowest BCUT2D eigenvalue weighted by Crippen LogP contribution is -2.48. The van der Waals surface area contributed by atoms with Crippen LogP contribution in [0.1, 0.15) is 54.4 Å². The molecule has 1 spiro atoms. The number of piperidine rings is 1. The first-order chi connectivity index (χ1) is 19.6. The largest absolute Gasteiger partial charge is 0.492 e. The Balaban J connectivity index is 1.20. The van der Waals surface area contributed by atoms with Crippen LogP contribution in [-0.2, 0) is 10.2 Å². The fraction of sp³-hybridized carbons (Fsp3) is 0.438. The third-order valence-corrected chi connectivity index (χ3v) is 8.94. The van der Waals surface area contributed by atoms with Gasteiger partial charge in [0, 0.05) is 50.5 Å². The van der Waals surface area contributed by atoms with Crippen LogP contribution in [-0.4, -0.2) is 66.0 Å². The molecule has 0 atom stereocenters. The molecule has 8 nitrogen and oxygen atoms in total. The van der Waals surface area contributed by atoms with E-state index in [0.29, 0.717) is 31.0 Å². The number of rotatable bonds is 3. The van der Waals surface area contributed by atoms with Crippen LogP contribution >= 0.6 is 0 Å². The van der Waals surface area contributed by atoms with Crippen LogP contribution < -0.4 is 15.0 Å². The first kappa shape index (κ1) is 26.3. The number of likely N-dealkylation sites (tertiary alicyclic amines) is 1. The number of nitrogens with one attached hydrogen (secondary N) is 1. The molecule has 6 rings (SSSR count). The lowest BCUT2D eigenvalue weighted by atomic mass is 9.75. The fourth-order valence-corrected chi connectivity index (χ4v) is 6.31. The van der Waals surface area contributed by atoms with E-state index in [9.17, 15) is 9.59 Å². The highest BCUT2D eigenvalue weighted by atomic mass is 16.5. The number of hydrogen-bond donors (Lipinski definition) is 1. The first-order valence-electron chi connectivity index (χ1n) is 14.4. The van der Waals surface area contributed by atoms with Crippen LogP contribution in [0.5, 0.6) is 5.75 Å². The normalized spacial score (nSPS) is 20.6. The molecule has 1 N–H and O–H groups in total. The highest BCUT2D eigenvalue weighted by molar-refractivity contribution is 5.97.